The number of aryl methyl sites for hydroxylation is 4. The summed E-state index contributed by atoms with van der Waals surface area (Å²) >= 11 is 0. The molecule has 2 aromatic heterocycles. The van der Waals surface area contributed by atoms with Crippen molar-refractivity contribution in [3.05, 3.63) is 83.6 Å². The minimum atomic E-state index is -0.183. The van der Waals surface area contributed by atoms with Gasteiger partial charge in [-0.2, -0.15) is 0 Å². The molecule has 172 valence electrons. The Morgan fingerprint density at radius 2 is 1.94 bits per heavy atom. The fourth-order valence-electron chi connectivity index (χ4n) is 3.93. The number of nitrogens with zero attached hydrogens (tertiary/aromatic N) is 2. The van der Waals surface area contributed by atoms with Crippen molar-refractivity contribution in [2.24, 2.45) is 0 Å². The van der Waals surface area contributed by atoms with Crippen molar-refractivity contribution >= 4 is 16.9 Å². The molecule has 0 saturated carbocycles. The van der Waals surface area contributed by atoms with Crippen LogP contribution >= 0.6 is 0 Å². The number of nitrogens with one attached hydrogen (secondary N) is 1. The number of unbranched alkanes of at least 4 members (excludes halogenated alkanes) is 1. The highest BCUT2D eigenvalue weighted by Gasteiger charge is 2.11. The third-order valence-electron chi connectivity index (χ3n) is 5.72. The summed E-state index contributed by atoms with van der Waals surface area (Å²) in [6, 6.07) is 17.9. The maximum atomic E-state index is 12.0. The molecule has 1 N–H and O–H groups in total. The van der Waals surface area contributed by atoms with Crippen molar-refractivity contribution in [3.8, 4) is 5.75 Å². The fraction of sp³-hybridized carbons (Fsp3) is 0.333. The third kappa shape index (κ3) is 5.83. The molecule has 33 heavy (non-hydrogen) atoms. The molecule has 0 radical (unpaired) electrons. The second kappa shape index (κ2) is 10.9. The summed E-state index contributed by atoms with van der Waals surface area (Å²) in [6.45, 7) is 6.33. The van der Waals surface area contributed by atoms with Crippen LogP contribution < -0.4 is 10.1 Å². The molecule has 2 aromatic carbocycles. The van der Waals surface area contributed by atoms with Crippen LogP contribution in [0.15, 0.2) is 65.3 Å². The molecule has 1 amide bonds. The van der Waals surface area contributed by atoms with Gasteiger partial charge in [0.15, 0.2) is 5.76 Å². The van der Waals surface area contributed by atoms with Crippen molar-refractivity contribution < 1.29 is 13.9 Å². The smallest absolute Gasteiger partial charge is 0.286 e. The van der Waals surface area contributed by atoms with E-state index >= 15 is 0 Å². The highest BCUT2D eigenvalue weighted by Crippen LogP contribution is 2.20. The zero-order chi connectivity index (χ0) is 23.0. The second-order valence-electron chi connectivity index (χ2n) is 8.33. The standard InChI is InChI=1S/C27H31N3O3/c1-20-13-14-21(2)25(19-20)33-17-6-5-16-30-23-10-4-3-9-22(23)29-26(30)12-7-15-28-27(31)24-11-8-18-32-24/h3-4,8-11,13-14,18-19H,5-7,12,15-17H2,1-2H3,(H,28,31). The molecule has 0 aliphatic heterocycles. The molecular weight excluding hydrogens is 414 g/mol. The number of rotatable bonds is 11. The average Bonchev–Trinajstić information content (AvgIpc) is 3.47. The predicted octanol–water partition coefficient (Wildman–Crippen LogP) is 5.47. The first kappa shape index (κ1) is 22.6. The van der Waals surface area contributed by atoms with Gasteiger partial charge in [0.05, 0.1) is 23.9 Å². The number of amides is 1. The number of furan rings is 1. The number of ether oxygens (including phenoxy) is 1. The van der Waals surface area contributed by atoms with Gasteiger partial charge in [0, 0.05) is 19.5 Å². The molecular formula is C27H31N3O3. The van der Waals surface area contributed by atoms with Crippen LogP contribution in [-0.4, -0.2) is 28.6 Å². The summed E-state index contributed by atoms with van der Waals surface area (Å²) in [7, 11) is 0. The van der Waals surface area contributed by atoms with Gasteiger partial charge in [0.25, 0.3) is 5.91 Å². The molecule has 0 bridgehead atoms. The Morgan fingerprint density at radius 3 is 2.79 bits per heavy atom. The minimum Gasteiger partial charge on any atom is -0.493 e. The Bertz CT molecular complexity index is 1190. The molecule has 0 unspecified atom stereocenters. The number of hydrogen-bond donors (Lipinski definition) is 1. The average molecular weight is 446 g/mol. The Balaban J connectivity index is 1.30. The molecule has 0 atom stereocenters. The lowest BCUT2D eigenvalue weighted by Crippen LogP contribution is -2.24. The molecule has 6 nitrogen and oxygen atoms in total. The molecule has 0 aliphatic carbocycles. The number of fused-ring (bicyclic) bond motifs is 1. The van der Waals surface area contributed by atoms with Crippen molar-refractivity contribution in [1.29, 1.82) is 0 Å². The van der Waals surface area contributed by atoms with E-state index in [4.69, 9.17) is 14.1 Å². The van der Waals surface area contributed by atoms with Crippen LogP contribution in [0.3, 0.4) is 0 Å². The number of benzene rings is 2. The number of carbonyl (C=O) groups excluding carboxylic acids is 1. The van der Waals surface area contributed by atoms with Crippen LogP contribution in [-0.2, 0) is 13.0 Å². The van der Waals surface area contributed by atoms with E-state index < -0.39 is 0 Å². The van der Waals surface area contributed by atoms with Crippen LogP contribution in [0.4, 0.5) is 0 Å². The molecule has 0 spiro atoms. The van der Waals surface area contributed by atoms with E-state index in [0.717, 1.165) is 54.8 Å². The van der Waals surface area contributed by atoms with E-state index in [1.807, 2.05) is 6.07 Å². The maximum absolute atomic E-state index is 12.0. The fourth-order valence-corrected chi connectivity index (χ4v) is 3.93. The highest BCUT2D eigenvalue weighted by molar-refractivity contribution is 5.91. The van der Waals surface area contributed by atoms with E-state index in [1.165, 1.54) is 17.4 Å². The lowest BCUT2D eigenvalue weighted by Gasteiger charge is -2.12. The first-order valence-corrected chi connectivity index (χ1v) is 11.6. The Morgan fingerprint density at radius 1 is 1.06 bits per heavy atom. The van der Waals surface area contributed by atoms with E-state index in [9.17, 15) is 4.79 Å². The van der Waals surface area contributed by atoms with Crippen molar-refractivity contribution in [3.63, 3.8) is 0 Å². The molecule has 0 fully saturated rings. The van der Waals surface area contributed by atoms with Crippen molar-refractivity contribution in [1.82, 2.24) is 14.9 Å². The Labute approximate surface area is 194 Å². The largest absolute Gasteiger partial charge is 0.493 e. The van der Waals surface area contributed by atoms with Crippen molar-refractivity contribution in [2.45, 2.75) is 46.1 Å². The van der Waals surface area contributed by atoms with Gasteiger partial charge in [0.2, 0.25) is 0 Å². The van der Waals surface area contributed by atoms with Crippen LogP contribution in [0.2, 0.25) is 0 Å². The zero-order valence-corrected chi connectivity index (χ0v) is 19.3. The normalized spacial score (nSPS) is 11.1. The van der Waals surface area contributed by atoms with Gasteiger partial charge in [0.1, 0.15) is 11.6 Å². The summed E-state index contributed by atoms with van der Waals surface area (Å²) in [6.07, 6.45) is 5.09. The summed E-state index contributed by atoms with van der Waals surface area (Å²) in [4.78, 5) is 16.9. The number of hydrogen-bond acceptors (Lipinski definition) is 4. The molecule has 0 aliphatic rings. The topological polar surface area (TPSA) is 69.3 Å². The van der Waals surface area contributed by atoms with Gasteiger partial charge in [-0.25, -0.2) is 4.98 Å². The highest BCUT2D eigenvalue weighted by atomic mass is 16.5. The number of carbonyl (C=O) groups is 1. The van der Waals surface area contributed by atoms with Gasteiger partial charge in [-0.05, 0) is 74.6 Å². The van der Waals surface area contributed by atoms with Crippen LogP contribution in [0.25, 0.3) is 11.0 Å². The summed E-state index contributed by atoms with van der Waals surface area (Å²) in [5.41, 5.74) is 4.55. The Kier molecular flexibility index (Phi) is 7.45. The van der Waals surface area contributed by atoms with Gasteiger partial charge in [-0.3, -0.25) is 4.79 Å². The second-order valence-corrected chi connectivity index (χ2v) is 8.33. The monoisotopic (exact) mass is 445 g/mol. The van der Waals surface area contributed by atoms with Gasteiger partial charge in [-0.1, -0.05) is 24.3 Å². The lowest BCUT2D eigenvalue weighted by molar-refractivity contribution is 0.0925. The van der Waals surface area contributed by atoms with E-state index in [-0.39, 0.29) is 5.91 Å². The molecule has 4 rings (SSSR count). The first-order valence-electron chi connectivity index (χ1n) is 11.6. The lowest BCUT2D eigenvalue weighted by atomic mass is 10.1. The summed E-state index contributed by atoms with van der Waals surface area (Å²) < 4.78 is 13.5. The summed E-state index contributed by atoms with van der Waals surface area (Å²) in [5.74, 6) is 2.18. The minimum absolute atomic E-state index is 0.183. The third-order valence-corrected chi connectivity index (χ3v) is 5.72. The first-order chi connectivity index (χ1) is 16.1. The summed E-state index contributed by atoms with van der Waals surface area (Å²) in [5, 5.41) is 2.91. The van der Waals surface area contributed by atoms with Crippen LogP contribution in [0.5, 0.6) is 5.75 Å². The van der Waals surface area contributed by atoms with Crippen LogP contribution in [0, 0.1) is 13.8 Å². The predicted molar refractivity (Wildman–Crippen MR) is 130 cm³/mol. The number of para-hydroxylation sites is 2. The maximum Gasteiger partial charge on any atom is 0.286 e. The SMILES string of the molecule is Cc1ccc(C)c(OCCCCn2c(CCCNC(=O)c3ccco3)nc3ccccc32)c1. The number of aromatic nitrogens is 2. The molecule has 4 aromatic rings. The van der Waals surface area contributed by atoms with E-state index in [2.05, 4.69) is 60.1 Å². The number of imidazole rings is 1. The quantitative estimate of drug-likeness (QED) is 0.311. The molecule has 2 heterocycles. The molecule has 0 saturated heterocycles. The van der Waals surface area contributed by atoms with Gasteiger partial charge < -0.3 is 19.0 Å². The van der Waals surface area contributed by atoms with E-state index in [1.54, 1.807) is 12.1 Å². The molecule has 6 heteroatoms. The van der Waals surface area contributed by atoms with Gasteiger partial charge in [-0.15, -0.1) is 0 Å². The van der Waals surface area contributed by atoms with Gasteiger partial charge >= 0.3 is 0 Å². The zero-order valence-electron chi connectivity index (χ0n) is 19.3. The van der Waals surface area contributed by atoms with Crippen LogP contribution in [0.1, 0.15) is 46.8 Å². The van der Waals surface area contributed by atoms with Crippen molar-refractivity contribution in [2.75, 3.05) is 13.2 Å². The van der Waals surface area contributed by atoms with E-state index in [0.29, 0.717) is 18.9 Å². The Hall–Kier alpha value is -3.54.